The van der Waals surface area contributed by atoms with E-state index in [2.05, 4.69) is 15.5 Å². The van der Waals surface area contributed by atoms with Gasteiger partial charge in [-0.25, -0.2) is 0 Å². The van der Waals surface area contributed by atoms with Crippen molar-refractivity contribution < 1.29 is 4.79 Å². The number of thioether (sulfide) groups is 1. The Balaban J connectivity index is 1.80. The fourth-order valence-corrected chi connectivity index (χ4v) is 3.45. The van der Waals surface area contributed by atoms with Gasteiger partial charge in [0.15, 0.2) is 5.78 Å². The van der Waals surface area contributed by atoms with E-state index in [-0.39, 0.29) is 5.78 Å². The van der Waals surface area contributed by atoms with Crippen LogP contribution >= 0.6 is 11.8 Å². The first kappa shape index (κ1) is 17.4. The Labute approximate surface area is 151 Å². The Morgan fingerprint density at radius 1 is 1.00 bits per heavy atom. The van der Waals surface area contributed by atoms with Crippen molar-refractivity contribution in [2.45, 2.75) is 32.9 Å². The zero-order valence-electron chi connectivity index (χ0n) is 14.8. The molecule has 0 aliphatic heterocycles. The van der Waals surface area contributed by atoms with Crippen molar-refractivity contribution in [2.24, 2.45) is 0 Å². The first-order valence-corrected chi connectivity index (χ1v) is 9.04. The summed E-state index contributed by atoms with van der Waals surface area (Å²) in [5, 5.41) is 12.6. The molecule has 0 amide bonds. The van der Waals surface area contributed by atoms with E-state index >= 15 is 0 Å². The highest BCUT2D eigenvalue weighted by atomic mass is 32.2. The highest BCUT2D eigenvalue weighted by molar-refractivity contribution is 7.99. The molecule has 0 saturated heterocycles. The summed E-state index contributed by atoms with van der Waals surface area (Å²) in [6.45, 7) is 8.11. The van der Waals surface area contributed by atoms with Crippen LogP contribution in [0.1, 0.15) is 32.6 Å². The minimum Gasteiger partial charge on any atom is -0.293 e. The van der Waals surface area contributed by atoms with Gasteiger partial charge in [0.05, 0.1) is 11.4 Å². The summed E-state index contributed by atoms with van der Waals surface area (Å²) in [6.07, 6.45) is 0. The highest BCUT2D eigenvalue weighted by Gasteiger charge is 2.15. The first-order chi connectivity index (χ1) is 12.0. The summed E-state index contributed by atoms with van der Waals surface area (Å²) in [4.78, 5) is 12.5. The Morgan fingerprint density at radius 3 is 2.40 bits per heavy atom. The van der Waals surface area contributed by atoms with Gasteiger partial charge in [0.1, 0.15) is 0 Å². The lowest BCUT2D eigenvalue weighted by Crippen LogP contribution is -2.07. The van der Waals surface area contributed by atoms with Crippen molar-refractivity contribution in [2.75, 3.05) is 5.75 Å². The predicted octanol–water partition coefficient (Wildman–Crippen LogP) is 3.87. The number of aryl methyl sites for hydroxylation is 4. The fraction of sp³-hybridized carbons (Fsp3) is 0.263. The normalized spacial score (nSPS) is 10.9. The molecule has 0 bridgehead atoms. The largest absolute Gasteiger partial charge is 0.293 e. The maximum atomic E-state index is 12.5. The molecule has 0 N–H and O–H groups in total. The van der Waals surface area contributed by atoms with Crippen LogP contribution in [-0.4, -0.2) is 31.7 Å². The smallest absolute Gasteiger partial charge is 0.214 e. The predicted molar refractivity (Wildman–Crippen MR) is 99.6 cm³/mol. The standard InChI is InChI=1S/C19H20N4OS/c1-12-8-9-16(10-15(12)4)17(24)11-25-19-20-21-22-23(19)18-13(2)6-5-7-14(18)3/h5-10H,11H2,1-4H3. The summed E-state index contributed by atoms with van der Waals surface area (Å²) >= 11 is 1.36. The van der Waals surface area contributed by atoms with Crippen LogP contribution in [0.25, 0.3) is 5.69 Å². The van der Waals surface area contributed by atoms with Crippen molar-refractivity contribution in [3.63, 3.8) is 0 Å². The number of rotatable bonds is 5. The number of tetrazole rings is 1. The van der Waals surface area contributed by atoms with Crippen molar-refractivity contribution in [3.05, 3.63) is 64.2 Å². The van der Waals surface area contributed by atoms with Crippen LogP contribution in [0.4, 0.5) is 0 Å². The Morgan fingerprint density at radius 2 is 1.72 bits per heavy atom. The van der Waals surface area contributed by atoms with Gasteiger partial charge in [-0.1, -0.05) is 42.1 Å². The van der Waals surface area contributed by atoms with E-state index in [4.69, 9.17) is 0 Å². The zero-order valence-corrected chi connectivity index (χ0v) is 15.6. The summed E-state index contributed by atoms with van der Waals surface area (Å²) in [5.41, 5.74) is 6.18. The van der Waals surface area contributed by atoms with Crippen molar-refractivity contribution in [1.82, 2.24) is 20.2 Å². The molecule has 0 atom stereocenters. The van der Waals surface area contributed by atoms with Crippen LogP contribution in [0.5, 0.6) is 0 Å². The Hall–Kier alpha value is -2.47. The molecule has 128 valence electrons. The molecular formula is C19H20N4OS. The van der Waals surface area contributed by atoms with Crippen molar-refractivity contribution >= 4 is 17.5 Å². The van der Waals surface area contributed by atoms with E-state index in [0.717, 1.165) is 27.9 Å². The molecule has 1 heterocycles. The number of nitrogens with zero attached hydrogens (tertiary/aromatic N) is 4. The summed E-state index contributed by atoms with van der Waals surface area (Å²) in [6, 6.07) is 11.9. The number of carbonyl (C=O) groups excluding carboxylic acids is 1. The lowest BCUT2D eigenvalue weighted by Gasteiger charge is -2.10. The van der Waals surface area contributed by atoms with Crippen LogP contribution in [0, 0.1) is 27.7 Å². The second-order valence-electron chi connectivity index (χ2n) is 6.12. The van der Waals surface area contributed by atoms with E-state index in [9.17, 15) is 4.79 Å². The molecule has 0 radical (unpaired) electrons. The average Bonchev–Trinajstić information content (AvgIpc) is 3.03. The molecule has 0 unspecified atom stereocenters. The van der Waals surface area contributed by atoms with E-state index in [1.807, 2.05) is 64.1 Å². The fourth-order valence-electron chi connectivity index (χ4n) is 2.68. The molecule has 1 aromatic heterocycles. The monoisotopic (exact) mass is 352 g/mol. The highest BCUT2D eigenvalue weighted by Crippen LogP contribution is 2.24. The third-order valence-electron chi connectivity index (χ3n) is 4.25. The van der Waals surface area contributed by atoms with E-state index in [1.165, 1.54) is 17.3 Å². The van der Waals surface area contributed by atoms with Gasteiger partial charge < -0.3 is 0 Å². The number of carbonyl (C=O) groups is 1. The maximum absolute atomic E-state index is 12.5. The van der Waals surface area contributed by atoms with E-state index in [0.29, 0.717) is 10.9 Å². The minimum absolute atomic E-state index is 0.0733. The lowest BCUT2D eigenvalue weighted by atomic mass is 10.0. The van der Waals surface area contributed by atoms with Gasteiger partial charge >= 0.3 is 0 Å². The van der Waals surface area contributed by atoms with Crippen LogP contribution < -0.4 is 0 Å². The summed E-state index contributed by atoms with van der Waals surface area (Å²) < 4.78 is 1.71. The molecule has 5 nitrogen and oxygen atoms in total. The van der Waals surface area contributed by atoms with Gasteiger partial charge in [-0.05, 0) is 66.4 Å². The zero-order chi connectivity index (χ0) is 18.0. The number of para-hydroxylation sites is 1. The number of Topliss-reactive ketones (excluding diaryl/α,β-unsaturated/α-hetero) is 1. The molecule has 6 heteroatoms. The Kier molecular flexibility index (Phi) is 4.99. The molecule has 0 spiro atoms. The van der Waals surface area contributed by atoms with Crippen LogP contribution in [0.2, 0.25) is 0 Å². The van der Waals surface area contributed by atoms with Crippen molar-refractivity contribution in [1.29, 1.82) is 0 Å². The maximum Gasteiger partial charge on any atom is 0.214 e. The van der Waals surface area contributed by atoms with Gasteiger partial charge in [-0.2, -0.15) is 4.68 Å². The third kappa shape index (κ3) is 3.64. The van der Waals surface area contributed by atoms with Gasteiger partial charge in [-0.15, -0.1) is 5.10 Å². The van der Waals surface area contributed by atoms with E-state index < -0.39 is 0 Å². The SMILES string of the molecule is Cc1ccc(C(=O)CSc2nnnn2-c2c(C)cccc2C)cc1C. The molecular weight excluding hydrogens is 332 g/mol. The number of hydrogen-bond donors (Lipinski definition) is 0. The molecule has 3 aromatic rings. The molecule has 25 heavy (non-hydrogen) atoms. The topological polar surface area (TPSA) is 60.7 Å². The molecule has 2 aromatic carbocycles. The molecule has 3 rings (SSSR count). The molecule has 0 aliphatic carbocycles. The van der Waals surface area contributed by atoms with Gasteiger partial charge in [0.2, 0.25) is 5.16 Å². The van der Waals surface area contributed by atoms with Gasteiger partial charge in [0.25, 0.3) is 0 Å². The molecule has 0 saturated carbocycles. The lowest BCUT2D eigenvalue weighted by molar-refractivity contribution is 0.102. The van der Waals surface area contributed by atoms with Crippen LogP contribution in [0.3, 0.4) is 0 Å². The summed E-state index contributed by atoms with van der Waals surface area (Å²) in [7, 11) is 0. The first-order valence-electron chi connectivity index (χ1n) is 8.05. The van der Waals surface area contributed by atoms with Crippen LogP contribution in [-0.2, 0) is 0 Å². The van der Waals surface area contributed by atoms with Crippen LogP contribution in [0.15, 0.2) is 41.6 Å². The molecule has 0 aliphatic rings. The van der Waals surface area contributed by atoms with Crippen molar-refractivity contribution in [3.8, 4) is 5.69 Å². The molecule has 0 fully saturated rings. The number of benzene rings is 2. The second-order valence-corrected chi connectivity index (χ2v) is 7.07. The second kappa shape index (κ2) is 7.19. The van der Waals surface area contributed by atoms with Gasteiger partial charge in [-0.3, -0.25) is 4.79 Å². The Bertz CT molecular complexity index is 913. The number of ketones is 1. The van der Waals surface area contributed by atoms with Gasteiger partial charge in [0, 0.05) is 5.56 Å². The quantitative estimate of drug-likeness (QED) is 0.515. The van der Waals surface area contributed by atoms with E-state index in [1.54, 1.807) is 4.68 Å². The minimum atomic E-state index is 0.0733. The average molecular weight is 352 g/mol. The summed E-state index contributed by atoms with van der Waals surface area (Å²) in [5.74, 6) is 0.373. The number of hydrogen-bond acceptors (Lipinski definition) is 5. The number of aromatic nitrogens is 4. The third-order valence-corrected chi connectivity index (χ3v) is 5.17.